The first-order valence-corrected chi connectivity index (χ1v) is 10.3. The van der Waals surface area contributed by atoms with Crippen molar-refractivity contribution in [3.63, 3.8) is 0 Å². The number of nitrogens with one attached hydrogen (secondary N) is 2. The fourth-order valence-electron chi connectivity index (χ4n) is 3.48. The third-order valence-corrected chi connectivity index (χ3v) is 5.73. The summed E-state index contributed by atoms with van der Waals surface area (Å²) in [5.74, 6) is 0. The third-order valence-electron chi connectivity index (χ3n) is 4.97. The summed E-state index contributed by atoms with van der Waals surface area (Å²) in [7, 11) is 0. The van der Waals surface area contributed by atoms with Gasteiger partial charge in [0.05, 0.1) is 11.7 Å². The second-order valence-electron chi connectivity index (χ2n) is 7.07. The van der Waals surface area contributed by atoms with Crippen LogP contribution in [0.25, 0.3) is 22.0 Å². The zero-order chi connectivity index (χ0) is 19.6. The summed E-state index contributed by atoms with van der Waals surface area (Å²) in [6, 6.07) is 23.0. The van der Waals surface area contributed by atoms with Gasteiger partial charge in [-0.3, -0.25) is 0 Å². The van der Waals surface area contributed by atoms with E-state index in [1.807, 2.05) is 12.1 Å². The highest BCUT2D eigenvalue weighted by molar-refractivity contribution is 7.14. The number of thiazole rings is 1. The molecular weight excluding hydrogens is 382 g/mol. The fraction of sp³-hybridized carbons (Fsp3) is 0.130. The number of fused-ring (bicyclic) bond motifs is 1. The number of hydrogen-bond donors (Lipinski definition) is 2. The standard InChI is InChI=1S/C23H19N3O2S/c27-23-25-20(13-28-23)11-15-5-9-19(10-6-15)24-22-26-21(14-29-22)18-8-7-16-3-1-2-4-17(16)12-18/h1-10,12,14,20H,11,13H2,(H,24,26)(H,25,27). The van der Waals surface area contributed by atoms with Crippen molar-refractivity contribution in [2.24, 2.45) is 0 Å². The Kier molecular flexibility index (Phi) is 4.62. The van der Waals surface area contributed by atoms with E-state index in [-0.39, 0.29) is 12.1 Å². The lowest BCUT2D eigenvalue weighted by molar-refractivity contribution is 0.177. The van der Waals surface area contributed by atoms with Crippen LogP contribution in [-0.4, -0.2) is 23.7 Å². The smallest absolute Gasteiger partial charge is 0.407 e. The molecule has 0 spiro atoms. The molecule has 0 saturated carbocycles. The molecule has 1 aromatic heterocycles. The Morgan fingerprint density at radius 1 is 1.07 bits per heavy atom. The van der Waals surface area contributed by atoms with Crippen LogP contribution in [0, 0.1) is 0 Å². The van der Waals surface area contributed by atoms with Crippen LogP contribution in [0.1, 0.15) is 5.56 Å². The molecule has 0 aliphatic carbocycles. The molecule has 1 unspecified atom stereocenters. The molecule has 1 saturated heterocycles. The summed E-state index contributed by atoms with van der Waals surface area (Å²) in [6.07, 6.45) is 0.425. The van der Waals surface area contributed by atoms with Gasteiger partial charge >= 0.3 is 6.09 Å². The molecule has 1 atom stereocenters. The number of hydrogen-bond acceptors (Lipinski definition) is 5. The minimum absolute atomic E-state index is 0.0461. The van der Waals surface area contributed by atoms with Gasteiger partial charge in [0.1, 0.15) is 6.61 Å². The molecule has 1 aliphatic rings. The Balaban J connectivity index is 1.27. The summed E-state index contributed by atoms with van der Waals surface area (Å²) in [5.41, 5.74) is 4.23. The number of alkyl carbamates (subject to hydrolysis) is 1. The Morgan fingerprint density at radius 3 is 2.69 bits per heavy atom. The zero-order valence-electron chi connectivity index (χ0n) is 15.6. The lowest BCUT2D eigenvalue weighted by Gasteiger charge is -2.08. The van der Waals surface area contributed by atoms with Gasteiger partial charge in [-0.2, -0.15) is 0 Å². The van der Waals surface area contributed by atoms with E-state index < -0.39 is 0 Å². The second kappa shape index (κ2) is 7.56. The maximum absolute atomic E-state index is 11.1. The van der Waals surface area contributed by atoms with Crippen molar-refractivity contribution >= 4 is 39.0 Å². The van der Waals surface area contributed by atoms with Gasteiger partial charge in [0.25, 0.3) is 0 Å². The largest absolute Gasteiger partial charge is 0.447 e. The summed E-state index contributed by atoms with van der Waals surface area (Å²) < 4.78 is 4.93. The molecule has 5 rings (SSSR count). The van der Waals surface area contributed by atoms with Crippen molar-refractivity contribution in [1.82, 2.24) is 10.3 Å². The van der Waals surface area contributed by atoms with Gasteiger partial charge in [-0.25, -0.2) is 9.78 Å². The number of benzene rings is 3. The normalized spacial score (nSPS) is 15.9. The Morgan fingerprint density at radius 2 is 1.90 bits per heavy atom. The van der Waals surface area contributed by atoms with Gasteiger partial charge in [-0.1, -0.05) is 48.5 Å². The molecule has 1 aliphatic heterocycles. The quantitative estimate of drug-likeness (QED) is 0.473. The lowest BCUT2D eigenvalue weighted by Crippen LogP contribution is -2.28. The predicted molar refractivity (Wildman–Crippen MR) is 117 cm³/mol. The molecule has 5 nitrogen and oxygen atoms in total. The fourth-order valence-corrected chi connectivity index (χ4v) is 4.22. The van der Waals surface area contributed by atoms with E-state index in [1.54, 1.807) is 11.3 Å². The van der Waals surface area contributed by atoms with Crippen molar-refractivity contribution in [2.45, 2.75) is 12.5 Å². The average molecular weight is 401 g/mol. The summed E-state index contributed by atoms with van der Waals surface area (Å²) in [5, 5.41) is 11.5. The molecule has 2 heterocycles. The lowest BCUT2D eigenvalue weighted by atomic mass is 10.1. The molecule has 144 valence electrons. The number of carbonyl (C=O) groups excluding carboxylic acids is 1. The van der Waals surface area contributed by atoms with Gasteiger partial charge < -0.3 is 15.4 Å². The van der Waals surface area contributed by atoms with Crippen LogP contribution >= 0.6 is 11.3 Å². The molecule has 1 fully saturated rings. The highest BCUT2D eigenvalue weighted by atomic mass is 32.1. The van der Waals surface area contributed by atoms with Crippen molar-refractivity contribution < 1.29 is 9.53 Å². The molecule has 29 heavy (non-hydrogen) atoms. The van der Waals surface area contributed by atoms with Crippen LogP contribution in [0.15, 0.2) is 72.1 Å². The van der Waals surface area contributed by atoms with Gasteiger partial charge in [-0.15, -0.1) is 11.3 Å². The maximum atomic E-state index is 11.1. The molecule has 3 aromatic carbocycles. The maximum Gasteiger partial charge on any atom is 0.407 e. The highest BCUT2D eigenvalue weighted by Gasteiger charge is 2.22. The van der Waals surface area contributed by atoms with Crippen LogP contribution < -0.4 is 10.6 Å². The van der Waals surface area contributed by atoms with Gasteiger partial charge in [0, 0.05) is 16.6 Å². The van der Waals surface area contributed by atoms with Crippen molar-refractivity contribution in [3.8, 4) is 11.3 Å². The molecular formula is C23H19N3O2S. The first-order valence-electron chi connectivity index (χ1n) is 9.47. The van der Waals surface area contributed by atoms with E-state index in [0.29, 0.717) is 6.61 Å². The monoisotopic (exact) mass is 401 g/mol. The third kappa shape index (κ3) is 3.93. The number of ether oxygens (including phenoxy) is 1. The first kappa shape index (κ1) is 17.7. The van der Waals surface area contributed by atoms with Crippen molar-refractivity contribution in [1.29, 1.82) is 0 Å². The SMILES string of the molecule is O=C1NC(Cc2ccc(Nc3nc(-c4ccc5ccccc5c4)cs3)cc2)CO1. The number of amides is 1. The highest BCUT2D eigenvalue weighted by Crippen LogP contribution is 2.29. The molecule has 1 amide bonds. The van der Waals surface area contributed by atoms with E-state index in [0.717, 1.165) is 34.1 Å². The van der Waals surface area contributed by atoms with Crippen LogP contribution in [0.5, 0.6) is 0 Å². The van der Waals surface area contributed by atoms with Crippen LogP contribution in [0.3, 0.4) is 0 Å². The summed E-state index contributed by atoms with van der Waals surface area (Å²) in [6.45, 7) is 0.426. The van der Waals surface area contributed by atoms with E-state index in [9.17, 15) is 4.79 Å². The number of carbonyl (C=O) groups is 1. The number of aromatic nitrogens is 1. The summed E-state index contributed by atoms with van der Waals surface area (Å²) >= 11 is 1.59. The topological polar surface area (TPSA) is 63.2 Å². The minimum Gasteiger partial charge on any atom is -0.447 e. The predicted octanol–water partition coefficient (Wildman–Crippen LogP) is 5.36. The zero-order valence-corrected chi connectivity index (χ0v) is 16.4. The van der Waals surface area contributed by atoms with Gasteiger partial charge in [-0.05, 0) is 41.0 Å². The van der Waals surface area contributed by atoms with Crippen LogP contribution in [0.4, 0.5) is 15.6 Å². The molecule has 4 aromatic rings. The van der Waals surface area contributed by atoms with E-state index in [2.05, 4.69) is 70.6 Å². The van der Waals surface area contributed by atoms with Crippen LogP contribution in [-0.2, 0) is 11.2 Å². The molecule has 0 bridgehead atoms. The van der Waals surface area contributed by atoms with Crippen molar-refractivity contribution in [3.05, 3.63) is 77.7 Å². The molecule has 6 heteroatoms. The Bertz CT molecular complexity index is 1170. The van der Waals surface area contributed by atoms with Gasteiger partial charge in [0.2, 0.25) is 0 Å². The number of rotatable bonds is 5. The minimum atomic E-state index is -0.334. The molecule has 0 radical (unpaired) electrons. The van der Waals surface area contributed by atoms with E-state index >= 15 is 0 Å². The van der Waals surface area contributed by atoms with E-state index in [4.69, 9.17) is 9.72 Å². The number of nitrogens with zero attached hydrogens (tertiary/aromatic N) is 1. The van der Waals surface area contributed by atoms with Crippen LogP contribution in [0.2, 0.25) is 0 Å². The number of anilines is 2. The summed E-state index contributed by atoms with van der Waals surface area (Å²) in [4.78, 5) is 15.9. The first-order chi connectivity index (χ1) is 14.2. The Hall–Kier alpha value is -3.38. The second-order valence-corrected chi connectivity index (χ2v) is 7.92. The average Bonchev–Trinajstić information content (AvgIpc) is 3.38. The van der Waals surface area contributed by atoms with E-state index in [1.165, 1.54) is 10.8 Å². The van der Waals surface area contributed by atoms with Crippen molar-refractivity contribution in [2.75, 3.05) is 11.9 Å². The number of cyclic esters (lactones) is 1. The Labute approximate surface area is 172 Å². The van der Waals surface area contributed by atoms with Gasteiger partial charge in [0.15, 0.2) is 5.13 Å². The molecule has 2 N–H and O–H groups in total.